The fraction of sp³-hybridized carbons (Fsp3) is 0.261. The van der Waals surface area contributed by atoms with Crippen LogP contribution in [0.5, 0.6) is 0 Å². The summed E-state index contributed by atoms with van der Waals surface area (Å²) in [4.78, 5) is 25.3. The Balaban J connectivity index is 1.61. The van der Waals surface area contributed by atoms with Crippen LogP contribution in [0.4, 0.5) is 0 Å². The van der Waals surface area contributed by atoms with E-state index in [-0.39, 0.29) is 17.7 Å². The lowest BCUT2D eigenvalue weighted by Gasteiger charge is -2.21. The third-order valence-corrected chi connectivity index (χ3v) is 4.96. The molecule has 3 rings (SSSR count). The van der Waals surface area contributed by atoms with Gasteiger partial charge in [0.1, 0.15) is 6.04 Å². The zero-order valence-electron chi connectivity index (χ0n) is 17.2. The van der Waals surface area contributed by atoms with Crippen LogP contribution >= 0.6 is 11.6 Å². The summed E-state index contributed by atoms with van der Waals surface area (Å²) < 4.78 is 1.72. The summed E-state index contributed by atoms with van der Waals surface area (Å²) in [6, 6.07) is 14.0. The van der Waals surface area contributed by atoms with E-state index in [0.29, 0.717) is 17.1 Å². The van der Waals surface area contributed by atoms with Crippen LogP contribution in [0.1, 0.15) is 35.3 Å². The normalized spacial score (nSPS) is 11.9. The van der Waals surface area contributed by atoms with E-state index >= 15 is 0 Å². The molecule has 156 valence electrons. The molecular formula is C23H25ClN4O2. The molecule has 1 unspecified atom stereocenters. The zero-order valence-corrected chi connectivity index (χ0v) is 18.0. The molecule has 7 heteroatoms. The van der Waals surface area contributed by atoms with E-state index in [2.05, 4.69) is 15.7 Å². The molecule has 0 aliphatic heterocycles. The van der Waals surface area contributed by atoms with Crippen molar-refractivity contribution in [3.63, 3.8) is 0 Å². The van der Waals surface area contributed by atoms with Crippen molar-refractivity contribution in [2.24, 2.45) is 5.92 Å². The minimum Gasteiger partial charge on any atom is -0.350 e. The lowest BCUT2D eigenvalue weighted by molar-refractivity contribution is -0.124. The number of halogens is 1. The number of carbonyl (C=O) groups excluding carboxylic acids is 2. The van der Waals surface area contributed by atoms with E-state index in [1.807, 2.05) is 51.2 Å². The average molecular weight is 425 g/mol. The molecule has 2 amide bonds. The van der Waals surface area contributed by atoms with Gasteiger partial charge in [0.05, 0.1) is 11.9 Å². The molecule has 6 nitrogen and oxygen atoms in total. The Morgan fingerprint density at radius 1 is 1.13 bits per heavy atom. The van der Waals surface area contributed by atoms with E-state index < -0.39 is 6.04 Å². The Bertz CT molecular complexity index is 1030. The monoisotopic (exact) mass is 424 g/mol. The van der Waals surface area contributed by atoms with Crippen LogP contribution in [0, 0.1) is 12.8 Å². The lowest BCUT2D eigenvalue weighted by atomic mass is 10.0. The summed E-state index contributed by atoms with van der Waals surface area (Å²) >= 11 is 5.92. The van der Waals surface area contributed by atoms with Gasteiger partial charge in [-0.1, -0.05) is 43.1 Å². The molecule has 0 fully saturated rings. The smallest absolute Gasteiger partial charge is 0.251 e. The van der Waals surface area contributed by atoms with Gasteiger partial charge in [0.25, 0.3) is 5.91 Å². The number of aryl methyl sites for hydroxylation is 1. The van der Waals surface area contributed by atoms with Gasteiger partial charge in [0, 0.05) is 28.9 Å². The van der Waals surface area contributed by atoms with Crippen LogP contribution in [-0.2, 0) is 11.3 Å². The number of nitrogens with one attached hydrogen (secondary N) is 2. The second kappa shape index (κ2) is 9.59. The van der Waals surface area contributed by atoms with Crippen molar-refractivity contribution >= 4 is 23.4 Å². The quantitative estimate of drug-likeness (QED) is 0.603. The summed E-state index contributed by atoms with van der Waals surface area (Å²) in [7, 11) is 0. The Kier molecular flexibility index (Phi) is 6.90. The molecule has 0 spiro atoms. The van der Waals surface area contributed by atoms with Crippen molar-refractivity contribution in [1.29, 1.82) is 0 Å². The lowest BCUT2D eigenvalue weighted by Crippen LogP contribution is -2.49. The Morgan fingerprint density at radius 2 is 1.87 bits per heavy atom. The topological polar surface area (TPSA) is 76.0 Å². The highest BCUT2D eigenvalue weighted by Gasteiger charge is 2.24. The fourth-order valence-corrected chi connectivity index (χ4v) is 3.16. The highest BCUT2D eigenvalue weighted by molar-refractivity contribution is 6.30. The van der Waals surface area contributed by atoms with Gasteiger partial charge < -0.3 is 10.6 Å². The molecule has 30 heavy (non-hydrogen) atoms. The minimum absolute atomic E-state index is 0.0597. The van der Waals surface area contributed by atoms with Crippen LogP contribution in [0.25, 0.3) is 5.69 Å². The third kappa shape index (κ3) is 5.48. The first-order valence-corrected chi connectivity index (χ1v) is 10.2. The van der Waals surface area contributed by atoms with Crippen molar-refractivity contribution in [3.05, 3.63) is 82.6 Å². The number of rotatable bonds is 7. The van der Waals surface area contributed by atoms with Crippen LogP contribution in [0.2, 0.25) is 5.02 Å². The third-order valence-electron chi connectivity index (χ3n) is 4.71. The first-order valence-electron chi connectivity index (χ1n) is 9.78. The van der Waals surface area contributed by atoms with Crippen LogP contribution in [0.3, 0.4) is 0 Å². The van der Waals surface area contributed by atoms with E-state index in [1.165, 1.54) is 0 Å². The molecule has 3 aromatic rings. The van der Waals surface area contributed by atoms with E-state index in [9.17, 15) is 9.59 Å². The van der Waals surface area contributed by atoms with Crippen LogP contribution < -0.4 is 10.6 Å². The maximum Gasteiger partial charge on any atom is 0.251 e. The van der Waals surface area contributed by atoms with Gasteiger partial charge >= 0.3 is 0 Å². The summed E-state index contributed by atoms with van der Waals surface area (Å²) in [5.41, 5.74) is 3.26. The molecule has 2 N–H and O–H groups in total. The van der Waals surface area contributed by atoms with Crippen molar-refractivity contribution in [2.45, 2.75) is 33.4 Å². The summed E-state index contributed by atoms with van der Waals surface area (Å²) in [5, 5.41) is 10.7. The molecular weight excluding hydrogens is 400 g/mol. The van der Waals surface area contributed by atoms with Gasteiger partial charge in [-0.3, -0.25) is 9.59 Å². The fourth-order valence-electron chi connectivity index (χ4n) is 3.03. The average Bonchev–Trinajstić information content (AvgIpc) is 3.19. The van der Waals surface area contributed by atoms with Gasteiger partial charge in [-0.05, 0) is 49.2 Å². The molecule has 1 atom stereocenters. The predicted molar refractivity (Wildman–Crippen MR) is 118 cm³/mol. The molecule has 0 aliphatic rings. The number of carbonyl (C=O) groups is 2. The number of nitrogens with zero attached hydrogens (tertiary/aromatic N) is 2. The molecule has 1 aromatic heterocycles. The van der Waals surface area contributed by atoms with E-state index in [0.717, 1.165) is 16.8 Å². The maximum atomic E-state index is 12.7. The summed E-state index contributed by atoms with van der Waals surface area (Å²) in [6.45, 7) is 6.04. The largest absolute Gasteiger partial charge is 0.350 e. The number of aromatic nitrogens is 2. The van der Waals surface area contributed by atoms with Gasteiger partial charge in [0.2, 0.25) is 5.91 Å². The van der Waals surface area contributed by atoms with Gasteiger partial charge in [0.15, 0.2) is 0 Å². The van der Waals surface area contributed by atoms with Crippen LogP contribution in [-0.4, -0.2) is 27.6 Å². The van der Waals surface area contributed by atoms with E-state index in [4.69, 9.17) is 11.6 Å². The van der Waals surface area contributed by atoms with Gasteiger partial charge in [-0.25, -0.2) is 4.68 Å². The number of amides is 2. The first-order chi connectivity index (χ1) is 14.3. The van der Waals surface area contributed by atoms with Crippen molar-refractivity contribution < 1.29 is 9.59 Å². The standard InChI is InChI=1S/C23H25ClN4O2/c1-15(2)21(27-22(29)18-6-4-5-16(3)11-18)23(30)25-12-17-13-26-28(14-17)20-9-7-19(24)8-10-20/h4-11,13-15,21H,12H2,1-3H3,(H,25,30)(H,27,29). The summed E-state index contributed by atoms with van der Waals surface area (Å²) in [6.07, 6.45) is 3.55. The van der Waals surface area contributed by atoms with Crippen LogP contribution in [0.15, 0.2) is 60.9 Å². The second-order valence-electron chi connectivity index (χ2n) is 7.55. The molecule has 1 heterocycles. The molecule has 0 saturated carbocycles. The molecule has 2 aromatic carbocycles. The number of hydrogen-bond donors (Lipinski definition) is 2. The van der Waals surface area contributed by atoms with Gasteiger partial charge in [-0.15, -0.1) is 0 Å². The van der Waals surface area contributed by atoms with E-state index in [1.54, 1.807) is 35.1 Å². The Labute approximate surface area is 181 Å². The molecule has 0 aliphatic carbocycles. The number of hydrogen-bond acceptors (Lipinski definition) is 3. The highest BCUT2D eigenvalue weighted by atomic mass is 35.5. The first kappa shape index (κ1) is 21.6. The van der Waals surface area contributed by atoms with Crippen molar-refractivity contribution in [2.75, 3.05) is 0 Å². The highest BCUT2D eigenvalue weighted by Crippen LogP contribution is 2.13. The molecule has 0 saturated heterocycles. The van der Waals surface area contributed by atoms with Crippen molar-refractivity contribution in [1.82, 2.24) is 20.4 Å². The zero-order chi connectivity index (χ0) is 21.7. The summed E-state index contributed by atoms with van der Waals surface area (Å²) in [5.74, 6) is -0.552. The minimum atomic E-state index is -0.635. The van der Waals surface area contributed by atoms with Gasteiger partial charge in [-0.2, -0.15) is 5.10 Å². The SMILES string of the molecule is Cc1cccc(C(=O)NC(C(=O)NCc2cnn(-c3ccc(Cl)cc3)c2)C(C)C)c1. The predicted octanol–water partition coefficient (Wildman–Crippen LogP) is 3.90. The maximum absolute atomic E-state index is 12.7. The second-order valence-corrected chi connectivity index (χ2v) is 7.99. The molecule has 0 radical (unpaired) electrons. The van der Waals surface area contributed by atoms with Crippen molar-refractivity contribution in [3.8, 4) is 5.69 Å². The Hall–Kier alpha value is -3.12. The number of benzene rings is 2. The Morgan fingerprint density at radius 3 is 2.53 bits per heavy atom. The molecule has 0 bridgehead atoms.